The molecule has 2 aromatic rings. The van der Waals surface area contributed by atoms with E-state index in [2.05, 4.69) is 42.3 Å². The molecule has 0 saturated carbocycles. The van der Waals surface area contributed by atoms with Crippen LogP contribution in [0.15, 0.2) is 51.0 Å². The molecule has 0 radical (unpaired) electrons. The molecule has 8 heteroatoms. The highest BCUT2D eigenvalue weighted by atomic mass is 79.9. The van der Waals surface area contributed by atoms with Crippen LogP contribution in [-0.4, -0.2) is 25.8 Å². The summed E-state index contributed by atoms with van der Waals surface area (Å²) in [7, 11) is 2.93. The van der Waals surface area contributed by atoms with E-state index in [1.54, 1.807) is 12.1 Å². The third kappa shape index (κ3) is 6.09. The van der Waals surface area contributed by atoms with Crippen LogP contribution in [0, 0.1) is 0 Å². The molecule has 0 aliphatic heterocycles. The van der Waals surface area contributed by atoms with Crippen molar-refractivity contribution >= 4 is 61.2 Å². The number of carbonyl (C=O) groups is 1. The molecule has 0 saturated heterocycles. The molecular formula is C19H17Br2ClN2O3. The van der Waals surface area contributed by atoms with Gasteiger partial charge in [-0.2, -0.15) is 0 Å². The van der Waals surface area contributed by atoms with Gasteiger partial charge < -0.3 is 14.9 Å². The number of ether oxygens (including phenoxy) is 1. The molecule has 0 fully saturated rings. The van der Waals surface area contributed by atoms with E-state index in [1.807, 2.05) is 36.4 Å². The monoisotopic (exact) mass is 514 g/mol. The third-order valence-electron chi connectivity index (χ3n) is 3.53. The van der Waals surface area contributed by atoms with Crippen molar-refractivity contribution in [1.29, 1.82) is 0 Å². The average Bonchev–Trinajstić information content (AvgIpc) is 2.66. The highest BCUT2D eigenvalue weighted by Crippen LogP contribution is 2.28. The molecule has 0 aliphatic carbocycles. The maximum atomic E-state index is 12.1. The molecule has 2 aromatic carbocycles. The van der Waals surface area contributed by atoms with E-state index >= 15 is 0 Å². The summed E-state index contributed by atoms with van der Waals surface area (Å²) in [5.74, 6) is 0.270. The lowest BCUT2D eigenvalue weighted by atomic mass is 10.0. The van der Waals surface area contributed by atoms with Crippen LogP contribution < -0.4 is 10.1 Å². The van der Waals surface area contributed by atoms with Gasteiger partial charge in [0.05, 0.1) is 8.41 Å². The summed E-state index contributed by atoms with van der Waals surface area (Å²) in [5.41, 5.74) is 2.45. The first kappa shape index (κ1) is 21.5. The number of nitrogens with one attached hydrogen (secondary N) is 1. The number of hydrogen-bond donors (Lipinski definition) is 1. The highest BCUT2D eigenvalue weighted by molar-refractivity contribution is 9.28. The number of nitrogens with zero attached hydrogens (tertiary/aromatic N) is 1. The first-order valence-electron chi connectivity index (χ1n) is 7.82. The average molecular weight is 517 g/mol. The molecule has 0 bridgehead atoms. The molecule has 2 rings (SSSR count). The number of hydrogen-bond acceptors (Lipinski definition) is 4. The lowest BCUT2D eigenvalue weighted by Gasteiger charge is -2.12. The quantitative estimate of drug-likeness (QED) is 0.411. The predicted molar refractivity (Wildman–Crippen MR) is 116 cm³/mol. The van der Waals surface area contributed by atoms with Gasteiger partial charge in [-0.25, -0.2) is 0 Å². The topological polar surface area (TPSA) is 59.9 Å². The van der Waals surface area contributed by atoms with Gasteiger partial charge >= 0.3 is 0 Å². The molecule has 1 N–H and O–H groups in total. The normalized spacial score (nSPS) is 10.9. The number of likely N-dealkylation sites (N-methyl/N-ethyl adjacent to an activating group) is 1. The number of benzene rings is 2. The van der Waals surface area contributed by atoms with Gasteiger partial charge in [0.15, 0.2) is 5.71 Å². The van der Waals surface area contributed by atoms with Crippen LogP contribution >= 0.6 is 43.5 Å². The Morgan fingerprint density at radius 2 is 2.00 bits per heavy atom. The number of carbonyl (C=O) groups excluding carboxylic acids is 1. The van der Waals surface area contributed by atoms with Gasteiger partial charge in [0.25, 0.3) is 5.91 Å². The number of halogens is 3. The molecule has 0 unspecified atom stereocenters. The Labute approximate surface area is 179 Å². The molecule has 142 valence electrons. The fourth-order valence-electron chi connectivity index (χ4n) is 2.29. The van der Waals surface area contributed by atoms with Crippen molar-refractivity contribution in [2.24, 2.45) is 5.16 Å². The van der Waals surface area contributed by atoms with Gasteiger partial charge in [0.2, 0.25) is 0 Å². The summed E-state index contributed by atoms with van der Waals surface area (Å²) >= 11 is 12.9. The Hall–Kier alpha value is -1.83. The minimum Gasteiger partial charge on any atom is -0.489 e. The molecule has 0 atom stereocenters. The number of amides is 1. The van der Waals surface area contributed by atoms with Gasteiger partial charge in [0, 0.05) is 12.6 Å². The Morgan fingerprint density at radius 1 is 1.26 bits per heavy atom. The van der Waals surface area contributed by atoms with Crippen molar-refractivity contribution in [1.82, 2.24) is 5.32 Å². The van der Waals surface area contributed by atoms with E-state index in [9.17, 15) is 4.79 Å². The van der Waals surface area contributed by atoms with E-state index in [-0.39, 0.29) is 18.2 Å². The molecule has 0 aromatic heterocycles. The van der Waals surface area contributed by atoms with Crippen LogP contribution in [0.25, 0.3) is 6.08 Å². The fourth-order valence-corrected chi connectivity index (χ4v) is 3.01. The summed E-state index contributed by atoms with van der Waals surface area (Å²) in [6.45, 7) is 0.240. The Balaban J connectivity index is 2.24. The zero-order chi connectivity index (χ0) is 19.8. The Kier molecular flexibility index (Phi) is 8.34. The van der Waals surface area contributed by atoms with Crippen molar-refractivity contribution in [3.05, 3.63) is 67.6 Å². The summed E-state index contributed by atoms with van der Waals surface area (Å²) < 4.78 is 6.65. The second-order valence-electron chi connectivity index (χ2n) is 5.26. The van der Waals surface area contributed by atoms with Gasteiger partial charge in [0.1, 0.15) is 19.5 Å². The summed E-state index contributed by atoms with van der Waals surface area (Å²) in [4.78, 5) is 16.9. The summed E-state index contributed by atoms with van der Waals surface area (Å²) in [6.07, 6.45) is 1.85. The van der Waals surface area contributed by atoms with E-state index in [4.69, 9.17) is 21.2 Å². The zero-order valence-electron chi connectivity index (χ0n) is 14.6. The number of oxime groups is 1. The number of rotatable bonds is 7. The molecule has 0 spiro atoms. The van der Waals surface area contributed by atoms with Crippen molar-refractivity contribution in [2.75, 3.05) is 14.2 Å². The first-order chi connectivity index (χ1) is 13.0. The van der Waals surface area contributed by atoms with E-state index in [0.29, 0.717) is 16.3 Å². The minimum absolute atomic E-state index is 0.180. The molecule has 5 nitrogen and oxygen atoms in total. The molecule has 0 aliphatic rings. The van der Waals surface area contributed by atoms with E-state index in [0.717, 1.165) is 14.5 Å². The van der Waals surface area contributed by atoms with E-state index in [1.165, 1.54) is 14.2 Å². The molecular weight excluding hydrogens is 499 g/mol. The fraction of sp³-hybridized carbons (Fsp3) is 0.158. The van der Waals surface area contributed by atoms with Gasteiger partial charge in [-0.3, -0.25) is 4.79 Å². The Morgan fingerprint density at radius 3 is 2.63 bits per heavy atom. The van der Waals surface area contributed by atoms with Gasteiger partial charge in [-0.15, -0.1) is 0 Å². The second kappa shape index (κ2) is 10.5. The van der Waals surface area contributed by atoms with Crippen LogP contribution in [0.1, 0.15) is 16.7 Å². The van der Waals surface area contributed by atoms with Crippen LogP contribution in [0.3, 0.4) is 0 Å². The maximum absolute atomic E-state index is 12.1. The van der Waals surface area contributed by atoms with Crippen molar-refractivity contribution < 1.29 is 14.4 Å². The summed E-state index contributed by atoms with van der Waals surface area (Å²) in [6, 6.07) is 12.8. The van der Waals surface area contributed by atoms with Crippen LogP contribution in [0.4, 0.5) is 0 Å². The smallest absolute Gasteiger partial charge is 0.273 e. The first-order valence-corrected chi connectivity index (χ1v) is 9.79. The SMILES string of the molecule is CNC(=O)C(=NOC)c1ccccc1COc1ccc(C=C(Br)Br)c(Cl)c1. The molecule has 27 heavy (non-hydrogen) atoms. The molecule has 1 amide bonds. The minimum atomic E-state index is -0.344. The lowest BCUT2D eigenvalue weighted by Crippen LogP contribution is -2.29. The lowest BCUT2D eigenvalue weighted by molar-refractivity contribution is -0.114. The van der Waals surface area contributed by atoms with Crippen molar-refractivity contribution in [2.45, 2.75) is 6.61 Å². The van der Waals surface area contributed by atoms with E-state index < -0.39 is 0 Å². The van der Waals surface area contributed by atoms with Crippen molar-refractivity contribution in [3.8, 4) is 5.75 Å². The van der Waals surface area contributed by atoms with Crippen LogP contribution in [0.2, 0.25) is 5.02 Å². The standard InChI is InChI=1S/C19H17Br2ClN2O3/c1-23-19(25)18(24-26-2)15-6-4-3-5-13(15)11-27-14-8-7-12(9-17(20)21)16(22)10-14/h3-10H,11H2,1-2H3,(H,23,25). The third-order valence-corrected chi connectivity index (χ3v) is 4.31. The van der Waals surface area contributed by atoms with Crippen LogP contribution in [0.5, 0.6) is 5.75 Å². The van der Waals surface area contributed by atoms with Gasteiger partial charge in [-0.1, -0.05) is 41.0 Å². The van der Waals surface area contributed by atoms with Gasteiger partial charge in [-0.05, 0) is 67.3 Å². The highest BCUT2D eigenvalue weighted by Gasteiger charge is 2.17. The predicted octanol–water partition coefficient (Wildman–Crippen LogP) is 5.10. The maximum Gasteiger partial charge on any atom is 0.273 e. The zero-order valence-corrected chi connectivity index (χ0v) is 18.6. The second-order valence-corrected chi connectivity index (χ2v) is 8.44. The van der Waals surface area contributed by atoms with Crippen molar-refractivity contribution in [3.63, 3.8) is 0 Å². The largest absolute Gasteiger partial charge is 0.489 e. The summed E-state index contributed by atoms with van der Waals surface area (Å²) in [5, 5.41) is 6.96. The molecule has 0 heterocycles. The Bertz CT molecular complexity index is 881. The van der Waals surface area contributed by atoms with Crippen LogP contribution in [-0.2, 0) is 16.2 Å².